The molecule has 1 aromatic rings. The topological polar surface area (TPSA) is 93.0 Å². The van der Waals surface area contributed by atoms with E-state index in [-0.39, 0.29) is 24.4 Å². The molecule has 20 heavy (non-hydrogen) atoms. The highest BCUT2D eigenvalue weighted by atomic mass is 16.2. The van der Waals surface area contributed by atoms with Crippen LogP contribution in [0.5, 0.6) is 0 Å². The normalized spacial score (nSPS) is 26.8. The number of nitrogens with zero attached hydrogens (tertiary/aromatic N) is 5. The lowest BCUT2D eigenvalue weighted by atomic mass is 10.0. The number of hydrogen-bond donors (Lipinski definition) is 1. The van der Waals surface area contributed by atoms with E-state index in [1.54, 1.807) is 11.9 Å². The summed E-state index contributed by atoms with van der Waals surface area (Å²) in [4.78, 5) is 27.7. The predicted octanol–water partition coefficient (Wildman–Crippen LogP) is -0.774. The molecule has 2 aliphatic rings. The van der Waals surface area contributed by atoms with Crippen LogP contribution < -0.4 is 5.32 Å². The second-order valence-corrected chi connectivity index (χ2v) is 5.41. The number of piperazine rings is 1. The minimum Gasteiger partial charge on any atom is -0.342 e. The standard InChI is InChI=1S/C12H18N6O2/c1-3-8-11(19)13-10(7-4-5-7)12(20)18(8)6-9-14-16-17(2)15-9/h7-8,10H,3-6H2,1-2H3,(H,13,19). The molecule has 0 radical (unpaired) electrons. The Balaban J connectivity index is 1.82. The molecule has 0 bridgehead atoms. The first-order valence-electron chi connectivity index (χ1n) is 6.94. The van der Waals surface area contributed by atoms with Gasteiger partial charge in [-0.15, -0.1) is 10.2 Å². The van der Waals surface area contributed by atoms with Crippen molar-refractivity contribution in [1.82, 2.24) is 30.4 Å². The Hall–Kier alpha value is -1.99. The summed E-state index contributed by atoms with van der Waals surface area (Å²) < 4.78 is 0. The van der Waals surface area contributed by atoms with Gasteiger partial charge in [0, 0.05) is 0 Å². The fraction of sp³-hybridized carbons (Fsp3) is 0.750. The van der Waals surface area contributed by atoms with E-state index in [2.05, 4.69) is 20.7 Å². The Kier molecular flexibility index (Phi) is 3.15. The number of hydrogen-bond acceptors (Lipinski definition) is 5. The molecule has 0 spiro atoms. The first-order valence-corrected chi connectivity index (χ1v) is 6.94. The highest BCUT2D eigenvalue weighted by molar-refractivity contribution is 5.97. The molecule has 2 heterocycles. The van der Waals surface area contributed by atoms with E-state index in [9.17, 15) is 9.59 Å². The number of tetrazole rings is 1. The first kappa shape index (κ1) is 13.0. The van der Waals surface area contributed by atoms with Gasteiger partial charge >= 0.3 is 0 Å². The molecular weight excluding hydrogens is 260 g/mol. The third-order valence-corrected chi connectivity index (χ3v) is 3.87. The number of aryl methyl sites for hydroxylation is 1. The van der Waals surface area contributed by atoms with E-state index in [1.165, 1.54) is 4.80 Å². The summed E-state index contributed by atoms with van der Waals surface area (Å²) >= 11 is 0. The molecule has 1 saturated heterocycles. The fourth-order valence-electron chi connectivity index (χ4n) is 2.67. The summed E-state index contributed by atoms with van der Waals surface area (Å²) in [7, 11) is 1.67. The monoisotopic (exact) mass is 278 g/mol. The van der Waals surface area contributed by atoms with E-state index >= 15 is 0 Å². The smallest absolute Gasteiger partial charge is 0.246 e. The zero-order chi connectivity index (χ0) is 14.3. The van der Waals surface area contributed by atoms with Gasteiger partial charge in [-0.2, -0.15) is 4.80 Å². The Bertz CT molecular complexity index is 538. The molecule has 2 amide bonds. The summed E-state index contributed by atoms with van der Waals surface area (Å²) in [6.07, 6.45) is 2.59. The van der Waals surface area contributed by atoms with E-state index in [4.69, 9.17) is 0 Å². The summed E-state index contributed by atoms with van der Waals surface area (Å²) in [6, 6.07) is -0.816. The highest BCUT2D eigenvalue weighted by Crippen LogP contribution is 2.35. The number of aromatic nitrogens is 4. The zero-order valence-corrected chi connectivity index (χ0v) is 11.6. The maximum Gasteiger partial charge on any atom is 0.246 e. The molecule has 1 aliphatic carbocycles. The minimum atomic E-state index is -0.443. The van der Waals surface area contributed by atoms with Crippen molar-refractivity contribution in [1.29, 1.82) is 0 Å². The third kappa shape index (κ3) is 2.25. The Morgan fingerprint density at radius 2 is 2.10 bits per heavy atom. The van der Waals surface area contributed by atoms with Gasteiger partial charge in [0.2, 0.25) is 11.8 Å². The molecule has 0 aromatic carbocycles. The Morgan fingerprint density at radius 3 is 2.65 bits per heavy atom. The van der Waals surface area contributed by atoms with Crippen molar-refractivity contribution in [2.75, 3.05) is 0 Å². The molecule has 1 aromatic heterocycles. The molecule has 1 saturated carbocycles. The van der Waals surface area contributed by atoms with Crippen molar-refractivity contribution < 1.29 is 9.59 Å². The largest absolute Gasteiger partial charge is 0.342 e. The lowest BCUT2D eigenvalue weighted by Crippen LogP contribution is -2.63. The van der Waals surface area contributed by atoms with E-state index in [0.717, 1.165) is 12.8 Å². The molecule has 8 heteroatoms. The van der Waals surface area contributed by atoms with Gasteiger partial charge < -0.3 is 10.2 Å². The van der Waals surface area contributed by atoms with Crippen LogP contribution in [0.2, 0.25) is 0 Å². The molecule has 2 fully saturated rings. The third-order valence-electron chi connectivity index (χ3n) is 3.87. The number of nitrogens with one attached hydrogen (secondary N) is 1. The number of carbonyl (C=O) groups is 2. The molecule has 2 atom stereocenters. The molecule has 1 aliphatic heterocycles. The van der Waals surface area contributed by atoms with Gasteiger partial charge in [-0.25, -0.2) is 0 Å². The fourth-order valence-corrected chi connectivity index (χ4v) is 2.67. The lowest BCUT2D eigenvalue weighted by molar-refractivity contribution is -0.151. The highest BCUT2D eigenvalue weighted by Gasteiger charge is 2.46. The van der Waals surface area contributed by atoms with Gasteiger partial charge in [0.05, 0.1) is 13.6 Å². The van der Waals surface area contributed by atoms with Gasteiger partial charge in [-0.05, 0) is 30.4 Å². The van der Waals surface area contributed by atoms with Crippen LogP contribution in [-0.2, 0) is 23.2 Å². The zero-order valence-electron chi connectivity index (χ0n) is 11.6. The summed E-state index contributed by atoms with van der Waals surface area (Å²) in [5, 5.41) is 14.6. The van der Waals surface area contributed by atoms with Crippen molar-refractivity contribution in [3.8, 4) is 0 Å². The molecule has 108 valence electrons. The first-order chi connectivity index (χ1) is 9.60. The Morgan fingerprint density at radius 1 is 1.35 bits per heavy atom. The average molecular weight is 278 g/mol. The van der Waals surface area contributed by atoms with Crippen LogP contribution in [0.4, 0.5) is 0 Å². The second-order valence-electron chi connectivity index (χ2n) is 5.41. The lowest BCUT2D eigenvalue weighted by Gasteiger charge is -2.38. The van der Waals surface area contributed by atoms with E-state index in [1.807, 2.05) is 6.92 Å². The van der Waals surface area contributed by atoms with Crippen molar-refractivity contribution in [3.05, 3.63) is 5.82 Å². The van der Waals surface area contributed by atoms with E-state index in [0.29, 0.717) is 18.2 Å². The number of amides is 2. The molecular formula is C12H18N6O2. The maximum absolute atomic E-state index is 12.6. The number of rotatable bonds is 4. The molecule has 8 nitrogen and oxygen atoms in total. The predicted molar refractivity (Wildman–Crippen MR) is 68.1 cm³/mol. The van der Waals surface area contributed by atoms with Gasteiger partial charge in [-0.1, -0.05) is 6.92 Å². The second kappa shape index (κ2) is 4.84. The minimum absolute atomic E-state index is 0.0218. The van der Waals surface area contributed by atoms with Gasteiger partial charge in [0.25, 0.3) is 0 Å². The summed E-state index contributed by atoms with van der Waals surface area (Å²) in [6.45, 7) is 2.13. The SMILES string of the molecule is CCC1C(=O)NC(C2CC2)C(=O)N1Cc1nnn(C)n1. The van der Waals surface area contributed by atoms with E-state index < -0.39 is 6.04 Å². The van der Waals surface area contributed by atoms with Gasteiger partial charge in [0.15, 0.2) is 5.82 Å². The molecule has 1 N–H and O–H groups in total. The van der Waals surface area contributed by atoms with Crippen LogP contribution >= 0.6 is 0 Å². The van der Waals surface area contributed by atoms with Crippen LogP contribution in [0.25, 0.3) is 0 Å². The maximum atomic E-state index is 12.6. The van der Waals surface area contributed by atoms with Gasteiger partial charge in [0.1, 0.15) is 12.1 Å². The van der Waals surface area contributed by atoms with Crippen molar-refractivity contribution in [2.24, 2.45) is 13.0 Å². The summed E-state index contributed by atoms with van der Waals surface area (Å²) in [5.41, 5.74) is 0. The van der Waals surface area contributed by atoms with Crippen LogP contribution in [0, 0.1) is 5.92 Å². The van der Waals surface area contributed by atoms with Crippen LogP contribution in [-0.4, -0.2) is 49.0 Å². The van der Waals surface area contributed by atoms with Crippen LogP contribution in [0.3, 0.4) is 0 Å². The molecule has 2 unspecified atom stereocenters. The quantitative estimate of drug-likeness (QED) is 0.780. The molecule has 3 rings (SSSR count). The van der Waals surface area contributed by atoms with Crippen LogP contribution in [0.1, 0.15) is 32.0 Å². The van der Waals surface area contributed by atoms with Crippen LogP contribution in [0.15, 0.2) is 0 Å². The van der Waals surface area contributed by atoms with Crippen molar-refractivity contribution >= 4 is 11.8 Å². The van der Waals surface area contributed by atoms with Crippen molar-refractivity contribution in [2.45, 2.75) is 44.8 Å². The van der Waals surface area contributed by atoms with Gasteiger partial charge in [-0.3, -0.25) is 9.59 Å². The average Bonchev–Trinajstić information content (AvgIpc) is 3.17. The number of carbonyl (C=O) groups excluding carboxylic acids is 2. The van der Waals surface area contributed by atoms with Crippen molar-refractivity contribution in [3.63, 3.8) is 0 Å². The summed E-state index contributed by atoms with van der Waals surface area (Å²) in [5.74, 6) is 0.657. The Labute approximate surface area is 116 Å².